The Labute approximate surface area is 154 Å². The van der Waals surface area contributed by atoms with Crippen molar-refractivity contribution in [3.63, 3.8) is 0 Å². The Balaban J connectivity index is 2.18. The summed E-state index contributed by atoms with van der Waals surface area (Å²) in [5, 5.41) is 13.3. The first-order chi connectivity index (χ1) is 12.5. The summed E-state index contributed by atoms with van der Waals surface area (Å²) in [4.78, 5) is 0. The fourth-order valence-corrected chi connectivity index (χ4v) is 6.11. The quantitative estimate of drug-likeness (QED) is 0.222. The van der Waals surface area contributed by atoms with Gasteiger partial charge in [0, 0.05) is 30.0 Å². The van der Waals surface area contributed by atoms with Crippen LogP contribution in [0.3, 0.4) is 0 Å². The Morgan fingerprint density at radius 2 is 1.15 bits per heavy atom. The van der Waals surface area contributed by atoms with Crippen LogP contribution in [-0.4, -0.2) is 16.2 Å². The van der Waals surface area contributed by atoms with Crippen LogP contribution in [0.25, 0.3) is 0 Å². The van der Waals surface area contributed by atoms with Gasteiger partial charge >= 0.3 is 0 Å². The standard InChI is InChI=1S/C22H22NO2P/c1-22(2,23(24)18-19-12-6-3-7-13-19)26(25,20-14-8-4-9-15-20)21-16-10-5-11-17-21/h3-18H,1-2H3/b23-18-. The van der Waals surface area contributed by atoms with Crippen LogP contribution in [0.5, 0.6) is 0 Å². The number of rotatable bonds is 5. The van der Waals surface area contributed by atoms with Gasteiger partial charge in [-0.25, -0.2) is 0 Å². The SMILES string of the molecule is CC(C)(/[N+]([O-])=C/c1ccccc1)P(=O)(c1ccccc1)c1ccccc1. The zero-order chi connectivity index (χ0) is 18.6. The number of hydrogen-bond acceptors (Lipinski definition) is 2. The largest absolute Gasteiger partial charge is 0.623 e. The number of benzene rings is 3. The molecule has 0 saturated heterocycles. The Kier molecular flexibility index (Phi) is 5.11. The molecule has 3 rings (SSSR count). The van der Waals surface area contributed by atoms with Gasteiger partial charge in [-0.3, -0.25) is 0 Å². The third-order valence-corrected chi connectivity index (χ3v) is 8.40. The maximum absolute atomic E-state index is 14.4. The summed E-state index contributed by atoms with van der Waals surface area (Å²) in [6.07, 6.45) is 1.51. The van der Waals surface area contributed by atoms with Gasteiger partial charge in [-0.2, -0.15) is 4.74 Å². The Hall–Kier alpha value is -2.64. The third-order valence-electron chi connectivity index (χ3n) is 4.62. The molecule has 26 heavy (non-hydrogen) atoms. The van der Waals surface area contributed by atoms with Crippen molar-refractivity contribution in [3.05, 3.63) is 102 Å². The zero-order valence-electron chi connectivity index (χ0n) is 14.9. The van der Waals surface area contributed by atoms with Gasteiger partial charge in [0.05, 0.1) is 0 Å². The molecule has 3 aromatic rings. The average molecular weight is 363 g/mol. The summed E-state index contributed by atoms with van der Waals surface area (Å²) < 4.78 is 15.2. The molecule has 0 unspecified atom stereocenters. The molecule has 0 radical (unpaired) electrons. The highest BCUT2D eigenvalue weighted by Crippen LogP contribution is 2.55. The second-order valence-corrected chi connectivity index (χ2v) is 9.99. The lowest BCUT2D eigenvalue weighted by Gasteiger charge is -2.33. The van der Waals surface area contributed by atoms with Gasteiger partial charge in [0.15, 0.2) is 6.21 Å². The van der Waals surface area contributed by atoms with E-state index < -0.39 is 12.4 Å². The molecule has 0 aliphatic carbocycles. The van der Waals surface area contributed by atoms with E-state index in [2.05, 4.69) is 0 Å². The van der Waals surface area contributed by atoms with E-state index in [0.29, 0.717) is 10.6 Å². The molecule has 4 heteroatoms. The minimum Gasteiger partial charge on any atom is -0.623 e. The number of hydrogen-bond donors (Lipinski definition) is 0. The molecular weight excluding hydrogens is 341 g/mol. The smallest absolute Gasteiger partial charge is 0.225 e. The lowest BCUT2D eigenvalue weighted by atomic mass is 10.2. The minimum absolute atomic E-state index is 0.679. The molecule has 0 fully saturated rings. The first kappa shape index (κ1) is 18.2. The van der Waals surface area contributed by atoms with Gasteiger partial charge in [-0.15, -0.1) is 0 Å². The molecule has 0 aliphatic heterocycles. The summed E-state index contributed by atoms with van der Waals surface area (Å²) in [6, 6.07) is 27.9. The highest BCUT2D eigenvalue weighted by molar-refractivity contribution is 7.79. The van der Waals surface area contributed by atoms with Crippen LogP contribution >= 0.6 is 7.14 Å². The van der Waals surface area contributed by atoms with E-state index >= 15 is 0 Å². The first-order valence-electron chi connectivity index (χ1n) is 8.54. The molecule has 3 aromatic carbocycles. The average Bonchev–Trinajstić information content (AvgIpc) is 2.69. The van der Waals surface area contributed by atoms with Crippen LogP contribution < -0.4 is 10.6 Å². The van der Waals surface area contributed by atoms with Crippen LogP contribution in [0.4, 0.5) is 0 Å². The Morgan fingerprint density at radius 3 is 1.58 bits per heavy atom. The van der Waals surface area contributed by atoms with Crippen molar-refractivity contribution >= 4 is 24.0 Å². The van der Waals surface area contributed by atoms with Crippen molar-refractivity contribution in [2.75, 3.05) is 0 Å². The van der Waals surface area contributed by atoms with Crippen LogP contribution in [-0.2, 0) is 4.57 Å². The highest BCUT2D eigenvalue weighted by atomic mass is 31.2. The predicted molar refractivity (Wildman–Crippen MR) is 109 cm³/mol. The van der Waals surface area contributed by atoms with Crippen LogP contribution in [0.1, 0.15) is 19.4 Å². The summed E-state index contributed by atoms with van der Waals surface area (Å²) in [5.74, 6) is 0. The fraction of sp³-hybridized carbons (Fsp3) is 0.136. The molecule has 0 saturated carbocycles. The highest BCUT2D eigenvalue weighted by Gasteiger charge is 2.50. The lowest BCUT2D eigenvalue weighted by Crippen LogP contribution is -2.41. The van der Waals surface area contributed by atoms with Gasteiger partial charge in [0.2, 0.25) is 12.4 Å². The molecule has 0 atom stereocenters. The van der Waals surface area contributed by atoms with Crippen molar-refractivity contribution in [1.29, 1.82) is 0 Å². The maximum Gasteiger partial charge on any atom is 0.225 e. The second kappa shape index (κ2) is 7.31. The molecule has 0 N–H and O–H groups in total. The molecule has 3 nitrogen and oxygen atoms in total. The van der Waals surface area contributed by atoms with Gasteiger partial charge in [-0.05, 0) is 12.1 Å². The van der Waals surface area contributed by atoms with E-state index in [9.17, 15) is 9.77 Å². The first-order valence-corrected chi connectivity index (χ1v) is 10.2. The Morgan fingerprint density at radius 1 is 0.769 bits per heavy atom. The summed E-state index contributed by atoms with van der Waals surface area (Å²) in [6.45, 7) is 3.50. The van der Waals surface area contributed by atoms with Crippen molar-refractivity contribution in [1.82, 2.24) is 0 Å². The summed E-state index contributed by atoms with van der Waals surface area (Å²) in [5.41, 5.74) is 0.781. The van der Waals surface area contributed by atoms with E-state index in [-0.39, 0.29) is 0 Å². The molecular formula is C22H22NO2P. The van der Waals surface area contributed by atoms with Gasteiger partial charge in [-0.1, -0.05) is 78.9 Å². The van der Waals surface area contributed by atoms with Gasteiger partial charge in [0.1, 0.15) is 0 Å². The normalized spacial score (nSPS) is 12.8. The van der Waals surface area contributed by atoms with E-state index in [1.807, 2.05) is 91.0 Å². The summed E-state index contributed by atoms with van der Waals surface area (Å²) in [7, 11) is -3.24. The molecule has 132 valence electrons. The lowest BCUT2D eigenvalue weighted by molar-refractivity contribution is -0.506. The predicted octanol–water partition coefficient (Wildman–Crippen LogP) is 4.37. The third kappa shape index (κ3) is 3.23. The van der Waals surface area contributed by atoms with Gasteiger partial charge in [0.25, 0.3) is 0 Å². The van der Waals surface area contributed by atoms with Crippen LogP contribution in [0.2, 0.25) is 0 Å². The minimum atomic E-state index is -3.24. The van der Waals surface area contributed by atoms with Crippen molar-refractivity contribution < 1.29 is 9.30 Å². The van der Waals surface area contributed by atoms with E-state index in [1.165, 1.54) is 6.21 Å². The van der Waals surface area contributed by atoms with Crippen LogP contribution in [0.15, 0.2) is 91.0 Å². The Bertz CT molecular complexity index is 892. The van der Waals surface area contributed by atoms with Crippen molar-refractivity contribution in [2.24, 2.45) is 0 Å². The molecule has 0 amide bonds. The fourth-order valence-electron chi connectivity index (χ4n) is 3.03. The topological polar surface area (TPSA) is 43.1 Å². The van der Waals surface area contributed by atoms with Gasteiger partial charge < -0.3 is 9.77 Å². The molecule has 0 bridgehead atoms. The molecule has 0 heterocycles. The monoisotopic (exact) mass is 363 g/mol. The van der Waals surface area contributed by atoms with Crippen molar-refractivity contribution in [3.8, 4) is 0 Å². The zero-order valence-corrected chi connectivity index (χ0v) is 15.8. The molecule has 0 aliphatic rings. The summed E-state index contributed by atoms with van der Waals surface area (Å²) >= 11 is 0. The number of nitrogens with zero attached hydrogens (tertiary/aromatic N) is 1. The van der Waals surface area contributed by atoms with E-state index in [0.717, 1.165) is 10.3 Å². The molecule has 0 aromatic heterocycles. The maximum atomic E-state index is 14.4. The molecule has 0 spiro atoms. The van der Waals surface area contributed by atoms with Crippen LogP contribution in [0, 0.1) is 5.21 Å². The van der Waals surface area contributed by atoms with E-state index in [4.69, 9.17) is 0 Å². The number of hydroxylamine groups is 1. The van der Waals surface area contributed by atoms with E-state index in [1.54, 1.807) is 13.8 Å². The van der Waals surface area contributed by atoms with Crippen molar-refractivity contribution in [2.45, 2.75) is 19.1 Å². The second-order valence-electron chi connectivity index (χ2n) is 6.64.